The van der Waals surface area contributed by atoms with Gasteiger partial charge in [-0.15, -0.1) is 21.5 Å². The van der Waals surface area contributed by atoms with Crippen LogP contribution in [0.15, 0.2) is 23.2 Å². The molecule has 1 aliphatic carbocycles. The van der Waals surface area contributed by atoms with Crippen LogP contribution < -0.4 is 0 Å². The predicted molar refractivity (Wildman–Crippen MR) is 107 cm³/mol. The van der Waals surface area contributed by atoms with Crippen LogP contribution in [0.5, 0.6) is 0 Å². The Hall–Kier alpha value is -2.45. The van der Waals surface area contributed by atoms with Crippen molar-refractivity contribution in [2.24, 2.45) is 4.99 Å². The summed E-state index contributed by atoms with van der Waals surface area (Å²) in [5.74, 6) is 0.0154. The van der Waals surface area contributed by atoms with Crippen LogP contribution in [-0.2, 0) is 6.42 Å². The monoisotopic (exact) mass is 414 g/mol. The van der Waals surface area contributed by atoms with Crippen LogP contribution in [0.2, 0.25) is 0 Å². The molecule has 3 aromatic rings. The zero-order valence-electron chi connectivity index (χ0n) is 16.1. The SMILES string of the molecule is Cc1nnc2n1-c1sc3c(c1C(c1c(F)cccc1F)=N[C@H]2C)CCCC[C@H]3O. The molecule has 1 N–H and O–H groups in total. The second kappa shape index (κ2) is 6.81. The molecule has 5 rings (SSSR count). The van der Waals surface area contributed by atoms with Crippen LogP contribution in [0.25, 0.3) is 5.00 Å². The molecule has 1 aromatic carbocycles. The van der Waals surface area contributed by atoms with Gasteiger partial charge in [0, 0.05) is 10.4 Å². The van der Waals surface area contributed by atoms with Gasteiger partial charge >= 0.3 is 0 Å². The minimum absolute atomic E-state index is 0.128. The standard InChI is InChI=1S/C21H20F2N4OS/c1-10-20-26-25-11(2)27(20)21-16(12-6-3-4-9-15(28)19(12)29-21)18(24-10)17-13(22)7-5-8-14(17)23/h5,7-8,10,15,28H,3-4,6,9H2,1-2H3/t10-,15+/m0/s1. The number of aryl methyl sites for hydroxylation is 1. The molecule has 8 heteroatoms. The van der Waals surface area contributed by atoms with Gasteiger partial charge in [-0.25, -0.2) is 8.78 Å². The quantitative estimate of drug-likeness (QED) is 0.593. The van der Waals surface area contributed by atoms with E-state index in [1.165, 1.54) is 29.5 Å². The van der Waals surface area contributed by atoms with Crippen molar-refractivity contribution < 1.29 is 13.9 Å². The van der Waals surface area contributed by atoms with Crippen molar-refractivity contribution in [1.29, 1.82) is 0 Å². The number of aliphatic imine (C=N–C) groups is 1. The Morgan fingerprint density at radius 1 is 1.14 bits per heavy atom. The van der Waals surface area contributed by atoms with Gasteiger partial charge in [-0.3, -0.25) is 9.56 Å². The normalized spacial score (nSPS) is 20.9. The Kier molecular flexibility index (Phi) is 4.36. The highest BCUT2D eigenvalue weighted by atomic mass is 32.1. The minimum atomic E-state index is -0.648. The van der Waals surface area contributed by atoms with Crippen LogP contribution in [0.4, 0.5) is 8.78 Å². The largest absolute Gasteiger partial charge is 0.388 e. The van der Waals surface area contributed by atoms with E-state index < -0.39 is 23.8 Å². The minimum Gasteiger partial charge on any atom is -0.388 e. The van der Waals surface area contributed by atoms with Gasteiger partial charge in [-0.05, 0) is 50.8 Å². The zero-order chi connectivity index (χ0) is 20.3. The third kappa shape index (κ3) is 2.77. The van der Waals surface area contributed by atoms with Gasteiger partial charge in [0.05, 0.1) is 17.4 Å². The summed E-state index contributed by atoms with van der Waals surface area (Å²) in [4.78, 5) is 5.59. The van der Waals surface area contributed by atoms with E-state index in [0.29, 0.717) is 29.3 Å². The molecule has 150 valence electrons. The average molecular weight is 414 g/mol. The first-order chi connectivity index (χ1) is 14.0. The van der Waals surface area contributed by atoms with Crippen LogP contribution in [0.1, 0.15) is 71.5 Å². The van der Waals surface area contributed by atoms with E-state index in [4.69, 9.17) is 4.99 Å². The molecule has 0 amide bonds. The van der Waals surface area contributed by atoms with Gasteiger partial charge in [0.2, 0.25) is 0 Å². The fraction of sp³-hybridized carbons (Fsp3) is 0.381. The van der Waals surface area contributed by atoms with E-state index in [9.17, 15) is 13.9 Å². The average Bonchev–Trinajstić information content (AvgIpc) is 3.15. The maximum absolute atomic E-state index is 14.8. The van der Waals surface area contributed by atoms with Crippen molar-refractivity contribution in [1.82, 2.24) is 14.8 Å². The molecule has 5 nitrogen and oxygen atoms in total. The second-order valence-corrected chi connectivity index (χ2v) is 8.61. The van der Waals surface area contributed by atoms with Gasteiger partial charge in [-0.2, -0.15) is 0 Å². The molecule has 0 saturated heterocycles. The van der Waals surface area contributed by atoms with Crippen molar-refractivity contribution in [2.45, 2.75) is 51.7 Å². The summed E-state index contributed by atoms with van der Waals surface area (Å²) in [5.41, 5.74) is 1.80. The van der Waals surface area contributed by atoms with Crippen molar-refractivity contribution in [3.05, 3.63) is 63.0 Å². The predicted octanol–water partition coefficient (Wildman–Crippen LogP) is 4.59. The van der Waals surface area contributed by atoms with Crippen molar-refractivity contribution in [3.8, 4) is 5.00 Å². The van der Waals surface area contributed by atoms with Gasteiger partial charge in [0.25, 0.3) is 0 Å². The molecular weight excluding hydrogens is 394 g/mol. The molecular formula is C21H20F2N4OS. The maximum Gasteiger partial charge on any atom is 0.162 e. The lowest BCUT2D eigenvalue weighted by atomic mass is 9.95. The third-order valence-corrected chi connectivity index (χ3v) is 6.98. The highest BCUT2D eigenvalue weighted by Gasteiger charge is 2.35. The molecule has 0 unspecified atom stereocenters. The first-order valence-corrected chi connectivity index (χ1v) is 10.6. The van der Waals surface area contributed by atoms with Gasteiger partial charge in [0.1, 0.15) is 28.5 Å². The molecule has 0 fully saturated rings. The fourth-order valence-electron chi connectivity index (χ4n) is 4.29. The van der Waals surface area contributed by atoms with Gasteiger partial charge in [0.15, 0.2) is 5.82 Å². The molecule has 0 bridgehead atoms. The number of aliphatic hydroxyl groups is 1. The summed E-state index contributed by atoms with van der Waals surface area (Å²) in [6, 6.07) is 3.44. The molecule has 0 spiro atoms. The maximum atomic E-state index is 14.8. The van der Waals surface area contributed by atoms with Crippen molar-refractivity contribution in [3.63, 3.8) is 0 Å². The molecule has 1 aliphatic heterocycles. The Morgan fingerprint density at radius 3 is 2.66 bits per heavy atom. The number of aliphatic hydroxyl groups excluding tert-OH is 1. The number of thiophene rings is 1. The molecule has 2 aromatic heterocycles. The molecule has 3 heterocycles. The Labute approximate surface area is 170 Å². The van der Waals surface area contributed by atoms with Crippen LogP contribution in [-0.4, -0.2) is 25.6 Å². The summed E-state index contributed by atoms with van der Waals surface area (Å²) in [7, 11) is 0. The number of aromatic nitrogens is 3. The van der Waals surface area contributed by atoms with E-state index in [-0.39, 0.29) is 5.56 Å². The number of hydrogen-bond acceptors (Lipinski definition) is 5. The highest BCUT2D eigenvalue weighted by Crippen LogP contribution is 2.44. The lowest BCUT2D eigenvalue weighted by Crippen LogP contribution is -2.13. The molecule has 29 heavy (non-hydrogen) atoms. The van der Waals surface area contributed by atoms with E-state index in [0.717, 1.165) is 34.7 Å². The lowest BCUT2D eigenvalue weighted by Gasteiger charge is -2.13. The van der Waals surface area contributed by atoms with Crippen molar-refractivity contribution in [2.75, 3.05) is 0 Å². The first-order valence-electron chi connectivity index (χ1n) is 9.75. The number of benzene rings is 1. The number of fused-ring (bicyclic) bond motifs is 5. The number of halogens is 2. The first kappa shape index (κ1) is 18.6. The summed E-state index contributed by atoms with van der Waals surface area (Å²) in [6.45, 7) is 3.70. The number of rotatable bonds is 1. The second-order valence-electron chi connectivity index (χ2n) is 7.58. The van der Waals surface area contributed by atoms with Crippen molar-refractivity contribution >= 4 is 17.0 Å². The number of nitrogens with zero attached hydrogens (tertiary/aromatic N) is 4. The Morgan fingerprint density at radius 2 is 1.90 bits per heavy atom. The van der Waals surface area contributed by atoms with Gasteiger partial charge in [-0.1, -0.05) is 12.5 Å². The topological polar surface area (TPSA) is 63.3 Å². The van der Waals surface area contributed by atoms with Gasteiger partial charge < -0.3 is 5.11 Å². The molecule has 2 aliphatic rings. The molecule has 2 atom stereocenters. The molecule has 0 radical (unpaired) electrons. The summed E-state index contributed by atoms with van der Waals surface area (Å²) in [6.07, 6.45) is 2.64. The van der Waals surface area contributed by atoms with Crippen LogP contribution in [0, 0.1) is 18.6 Å². The smallest absolute Gasteiger partial charge is 0.162 e. The number of hydrogen-bond donors (Lipinski definition) is 1. The third-order valence-electron chi connectivity index (χ3n) is 5.66. The summed E-state index contributed by atoms with van der Waals surface area (Å²) in [5, 5.41) is 20.0. The van der Waals surface area contributed by atoms with Crippen LogP contribution in [0.3, 0.4) is 0 Å². The Balaban J connectivity index is 1.88. The summed E-state index contributed by atoms with van der Waals surface area (Å²) >= 11 is 1.45. The molecule has 0 saturated carbocycles. The van der Waals surface area contributed by atoms with Crippen LogP contribution >= 0.6 is 11.3 Å². The highest BCUT2D eigenvalue weighted by molar-refractivity contribution is 7.15. The zero-order valence-corrected chi connectivity index (χ0v) is 16.9. The van der Waals surface area contributed by atoms with E-state index in [1.807, 2.05) is 18.4 Å². The van der Waals surface area contributed by atoms with E-state index >= 15 is 0 Å². The fourth-order valence-corrected chi connectivity index (χ4v) is 5.72. The van der Waals surface area contributed by atoms with E-state index in [1.54, 1.807) is 0 Å². The van der Waals surface area contributed by atoms with E-state index in [2.05, 4.69) is 10.2 Å². The summed E-state index contributed by atoms with van der Waals surface area (Å²) < 4.78 is 31.6. The lowest BCUT2D eigenvalue weighted by molar-refractivity contribution is 0.170. The Bertz CT molecular complexity index is 1130.